The van der Waals surface area contributed by atoms with Gasteiger partial charge in [0.15, 0.2) is 5.78 Å². The van der Waals surface area contributed by atoms with Gasteiger partial charge >= 0.3 is 0 Å². The molecule has 4 aliphatic rings. The Morgan fingerprint density at radius 1 is 0.849 bits per heavy atom. The van der Waals surface area contributed by atoms with Crippen LogP contribution >= 0.6 is 0 Å². The molecule has 3 aliphatic heterocycles. The highest BCUT2D eigenvalue weighted by atomic mass is 16.2. The Morgan fingerprint density at radius 3 is 1.98 bits per heavy atom. The standard InChI is InChI=1S/C43H69N3O7/c1-9-20-44-39(52)38(51)28-18-16-14-12-10-11-13-15-17-19-29(40(53)46-27-32-36(43(32,7)8)37(46)33(48)22-28)21-31(47)23-30(41(2,3)4)26-45-34(49)24-42(5,6)25-35(45)50/h28-30,32,36-37H,9-27H2,1-8H3,(H,44,52)/t28-,29-,30-,32+,36+,37-/m1/s1. The van der Waals surface area contributed by atoms with Gasteiger partial charge < -0.3 is 10.2 Å². The minimum atomic E-state index is -0.718. The smallest absolute Gasteiger partial charge is 0.287 e. The number of ketones is 3. The summed E-state index contributed by atoms with van der Waals surface area (Å²) in [7, 11) is 0. The van der Waals surface area contributed by atoms with E-state index in [1.807, 2.05) is 41.5 Å². The van der Waals surface area contributed by atoms with E-state index in [4.69, 9.17) is 0 Å². The van der Waals surface area contributed by atoms with Crippen LogP contribution in [0.4, 0.5) is 0 Å². The maximum absolute atomic E-state index is 14.6. The van der Waals surface area contributed by atoms with E-state index in [0.717, 1.165) is 51.4 Å². The van der Waals surface area contributed by atoms with Crippen LogP contribution in [-0.4, -0.2) is 76.5 Å². The first kappa shape index (κ1) is 42.8. The number of amides is 4. The zero-order valence-corrected chi connectivity index (χ0v) is 34.2. The van der Waals surface area contributed by atoms with Crippen LogP contribution in [0.3, 0.4) is 0 Å². The summed E-state index contributed by atoms with van der Waals surface area (Å²) in [5, 5.41) is 2.70. The average molecular weight is 740 g/mol. The number of hydrogen-bond donors (Lipinski definition) is 1. The molecule has 0 spiro atoms. The van der Waals surface area contributed by atoms with Crippen molar-refractivity contribution in [3.8, 4) is 0 Å². The van der Waals surface area contributed by atoms with Crippen LogP contribution in [0.25, 0.3) is 0 Å². The first-order valence-electron chi connectivity index (χ1n) is 20.8. The van der Waals surface area contributed by atoms with Crippen LogP contribution < -0.4 is 5.32 Å². The molecule has 0 bridgehead atoms. The lowest BCUT2D eigenvalue weighted by atomic mass is 9.75. The van der Waals surface area contributed by atoms with E-state index in [2.05, 4.69) is 19.2 Å². The average Bonchev–Trinajstić information content (AvgIpc) is 3.36. The molecule has 53 heavy (non-hydrogen) atoms. The molecule has 0 radical (unpaired) electrons. The molecule has 3 heterocycles. The fourth-order valence-corrected chi connectivity index (χ4v) is 9.39. The third-order valence-corrected chi connectivity index (χ3v) is 13.0. The molecule has 1 N–H and O–H groups in total. The van der Waals surface area contributed by atoms with Crippen LogP contribution in [0.1, 0.15) is 158 Å². The first-order valence-corrected chi connectivity index (χ1v) is 20.8. The minimum Gasteiger partial charge on any atom is -0.350 e. The molecule has 1 saturated carbocycles. The van der Waals surface area contributed by atoms with E-state index in [9.17, 15) is 33.6 Å². The third-order valence-electron chi connectivity index (χ3n) is 13.0. The number of carbonyl (C=O) groups excluding carboxylic acids is 7. The molecular weight excluding hydrogens is 670 g/mol. The number of Topliss-reactive ketones (excluding diaryl/α,β-unsaturated/α-hetero) is 3. The number of nitrogens with one attached hydrogen (secondary N) is 1. The zero-order valence-electron chi connectivity index (χ0n) is 34.2. The Hall–Kier alpha value is -2.91. The summed E-state index contributed by atoms with van der Waals surface area (Å²) in [6, 6.07) is -0.674. The van der Waals surface area contributed by atoms with Gasteiger partial charge in [-0.1, -0.05) is 107 Å². The van der Waals surface area contributed by atoms with Gasteiger partial charge in [-0.05, 0) is 53.3 Å². The molecule has 0 aromatic carbocycles. The molecule has 4 rings (SSSR count). The second-order valence-corrected chi connectivity index (χ2v) is 19.4. The highest BCUT2D eigenvalue weighted by Gasteiger charge is 2.69. The predicted octanol–water partition coefficient (Wildman–Crippen LogP) is 6.86. The van der Waals surface area contributed by atoms with Gasteiger partial charge in [0.1, 0.15) is 5.78 Å². The molecule has 0 aromatic rings. The van der Waals surface area contributed by atoms with Gasteiger partial charge in [0.05, 0.1) is 6.04 Å². The molecule has 298 valence electrons. The summed E-state index contributed by atoms with van der Waals surface area (Å²) in [6.45, 7) is 17.1. The van der Waals surface area contributed by atoms with Crippen LogP contribution in [-0.2, 0) is 33.6 Å². The molecule has 3 saturated heterocycles. The number of piperidine rings is 2. The van der Waals surface area contributed by atoms with E-state index in [1.165, 1.54) is 4.90 Å². The Bertz CT molecular complexity index is 1370. The highest BCUT2D eigenvalue weighted by Crippen LogP contribution is 2.65. The second-order valence-electron chi connectivity index (χ2n) is 19.4. The molecular formula is C43H69N3O7. The van der Waals surface area contributed by atoms with E-state index < -0.39 is 29.6 Å². The topological polar surface area (TPSA) is 138 Å². The molecule has 6 atom stereocenters. The van der Waals surface area contributed by atoms with Gasteiger partial charge in [0.25, 0.3) is 5.91 Å². The fraction of sp³-hybridized carbons (Fsp3) is 0.837. The number of nitrogens with zero attached hydrogens (tertiary/aromatic N) is 2. The normalized spacial score (nSPS) is 29.2. The van der Waals surface area contributed by atoms with Crippen molar-refractivity contribution in [2.45, 2.75) is 164 Å². The summed E-state index contributed by atoms with van der Waals surface area (Å²) in [5.41, 5.74) is -0.864. The van der Waals surface area contributed by atoms with E-state index in [1.54, 1.807) is 4.90 Å². The zero-order chi connectivity index (χ0) is 39.3. The van der Waals surface area contributed by atoms with E-state index in [0.29, 0.717) is 32.4 Å². The number of hydrogen-bond acceptors (Lipinski definition) is 7. The first-order chi connectivity index (χ1) is 24.8. The third kappa shape index (κ3) is 10.9. The van der Waals surface area contributed by atoms with Crippen LogP contribution in [0.2, 0.25) is 0 Å². The van der Waals surface area contributed by atoms with Crippen molar-refractivity contribution in [2.75, 3.05) is 19.6 Å². The summed E-state index contributed by atoms with van der Waals surface area (Å²) in [6.07, 6.45) is 10.1. The minimum absolute atomic E-state index is 0.0167. The molecule has 0 aromatic heterocycles. The lowest BCUT2D eigenvalue weighted by Gasteiger charge is -2.39. The van der Waals surface area contributed by atoms with Crippen molar-refractivity contribution < 1.29 is 33.6 Å². The van der Waals surface area contributed by atoms with Crippen LogP contribution in [0.5, 0.6) is 0 Å². The maximum atomic E-state index is 14.6. The largest absolute Gasteiger partial charge is 0.350 e. The molecule has 4 fully saturated rings. The van der Waals surface area contributed by atoms with Crippen molar-refractivity contribution in [1.29, 1.82) is 0 Å². The quantitative estimate of drug-likeness (QED) is 0.191. The Labute approximate surface area is 318 Å². The number of carbonyl (C=O) groups is 7. The molecule has 10 heteroatoms. The van der Waals surface area contributed by atoms with Gasteiger partial charge in [-0.2, -0.15) is 0 Å². The predicted molar refractivity (Wildman–Crippen MR) is 204 cm³/mol. The Morgan fingerprint density at radius 2 is 1.42 bits per heavy atom. The fourth-order valence-electron chi connectivity index (χ4n) is 9.39. The molecule has 10 nitrogen and oxygen atoms in total. The van der Waals surface area contributed by atoms with Crippen molar-refractivity contribution in [2.24, 2.45) is 45.8 Å². The number of imide groups is 1. The van der Waals surface area contributed by atoms with Crippen molar-refractivity contribution in [1.82, 2.24) is 15.1 Å². The van der Waals surface area contributed by atoms with Crippen molar-refractivity contribution >= 4 is 41.0 Å². The maximum Gasteiger partial charge on any atom is 0.287 e. The van der Waals surface area contributed by atoms with Gasteiger partial charge in [-0.15, -0.1) is 0 Å². The van der Waals surface area contributed by atoms with E-state index >= 15 is 0 Å². The monoisotopic (exact) mass is 740 g/mol. The van der Waals surface area contributed by atoms with Gasteiger partial charge in [-0.3, -0.25) is 38.5 Å². The van der Waals surface area contributed by atoms with Crippen LogP contribution in [0.15, 0.2) is 0 Å². The number of likely N-dealkylation sites (tertiary alicyclic amines) is 1. The lowest BCUT2D eigenvalue weighted by Crippen LogP contribution is -2.50. The van der Waals surface area contributed by atoms with Crippen molar-refractivity contribution in [3.63, 3.8) is 0 Å². The van der Waals surface area contributed by atoms with E-state index in [-0.39, 0.29) is 102 Å². The second kappa shape index (κ2) is 17.7. The molecule has 0 unspecified atom stereocenters. The molecule has 1 aliphatic carbocycles. The van der Waals surface area contributed by atoms with Gasteiger partial charge in [0, 0.05) is 63.6 Å². The Kier molecular flexibility index (Phi) is 14.3. The summed E-state index contributed by atoms with van der Waals surface area (Å²) in [5.74, 6) is -3.38. The summed E-state index contributed by atoms with van der Waals surface area (Å²) < 4.78 is 0. The number of rotatable bonds is 10. The highest BCUT2D eigenvalue weighted by molar-refractivity contribution is 6.37. The van der Waals surface area contributed by atoms with Crippen LogP contribution in [0, 0.1) is 45.8 Å². The SMILES string of the molecule is CCCNC(=O)C(=O)[C@@H]1CCCCCCCCCC[C@H](CC(=O)C[C@H](CN2C(=O)CC(C)(C)CC2=O)C(C)(C)C)C(=O)N2C[C@H]3[C@@H]([C@H]2C(=O)C1)C3(C)C. The lowest BCUT2D eigenvalue weighted by molar-refractivity contribution is -0.154. The summed E-state index contributed by atoms with van der Waals surface area (Å²) in [4.78, 5) is 98.4. The Balaban J connectivity index is 1.55. The van der Waals surface area contributed by atoms with Gasteiger partial charge in [0.2, 0.25) is 23.5 Å². The molecule has 4 amide bonds. The number of fused-ring (bicyclic) bond motifs is 3. The van der Waals surface area contributed by atoms with Crippen molar-refractivity contribution in [3.05, 3.63) is 0 Å². The van der Waals surface area contributed by atoms with Gasteiger partial charge in [-0.25, -0.2) is 0 Å². The summed E-state index contributed by atoms with van der Waals surface area (Å²) >= 11 is 0.